The molecule has 1 atom stereocenters. The van der Waals surface area contributed by atoms with Crippen molar-refractivity contribution in [1.82, 2.24) is 10.2 Å². The van der Waals surface area contributed by atoms with Crippen LogP contribution in [0.1, 0.15) is 48.0 Å². The highest BCUT2D eigenvalue weighted by Crippen LogP contribution is 2.37. The fourth-order valence-corrected chi connectivity index (χ4v) is 11.5. The number of rotatable bonds is 11. The molecule has 0 bridgehead atoms. The summed E-state index contributed by atoms with van der Waals surface area (Å²) in [6.07, 6.45) is 0.369. The predicted molar refractivity (Wildman–Crippen MR) is 179 cm³/mol. The highest BCUT2D eigenvalue weighted by Gasteiger charge is 2.50. The molecule has 1 N–H and O–H groups in total. The lowest BCUT2D eigenvalue weighted by molar-refractivity contribution is 0.0474. The Balaban J connectivity index is 1.48. The van der Waals surface area contributed by atoms with Crippen molar-refractivity contribution in [3.8, 4) is 0 Å². The van der Waals surface area contributed by atoms with Crippen molar-refractivity contribution in [2.24, 2.45) is 0 Å². The molecular formula is C34H45ClN2O3SSi. The minimum absolute atomic E-state index is 0.143. The lowest BCUT2D eigenvalue weighted by Crippen LogP contribution is -2.67. The third-order valence-corrected chi connectivity index (χ3v) is 13.9. The number of hydrogen-bond acceptors (Lipinski definition) is 5. The van der Waals surface area contributed by atoms with Gasteiger partial charge in [-0.05, 0) is 66.9 Å². The Labute approximate surface area is 262 Å². The van der Waals surface area contributed by atoms with Crippen LogP contribution in [-0.4, -0.2) is 62.4 Å². The number of hydrogen-bond donors (Lipinski definition) is 1. The first kappa shape index (κ1) is 32.6. The molecule has 8 heteroatoms. The van der Waals surface area contributed by atoms with Crippen LogP contribution in [-0.2, 0) is 9.16 Å². The number of benzene rings is 3. The Morgan fingerprint density at radius 2 is 1.48 bits per heavy atom. The maximum Gasteiger partial charge on any atom is 0.407 e. The fraction of sp³-hybridized carbons (Fsp3) is 0.441. The summed E-state index contributed by atoms with van der Waals surface area (Å²) >= 11 is 7.94. The maximum absolute atomic E-state index is 12.9. The molecule has 0 radical (unpaired) electrons. The third-order valence-electron chi connectivity index (χ3n) is 7.47. The zero-order chi connectivity index (χ0) is 30.4. The SMILES string of the molecule is CC(C)(C)OC(=O)N[C@@H](CCN1CC(Sc2ccc(Cl)cc2)C1)CO[Si](c1ccccc1)(c1ccccc1)C(C)(C)C. The summed E-state index contributed by atoms with van der Waals surface area (Å²) in [5.74, 6) is 0. The van der Waals surface area contributed by atoms with E-state index in [2.05, 4.69) is 104 Å². The predicted octanol–water partition coefficient (Wildman–Crippen LogP) is 6.98. The van der Waals surface area contributed by atoms with Crippen LogP contribution in [0.25, 0.3) is 0 Å². The van der Waals surface area contributed by atoms with E-state index in [0.717, 1.165) is 31.1 Å². The highest BCUT2D eigenvalue weighted by atomic mass is 35.5. The van der Waals surface area contributed by atoms with Crippen LogP contribution in [0, 0.1) is 0 Å². The van der Waals surface area contributed by atoms with Crippen LogP contribution in [0.15, 0.2) is 89.8 Å². The van der Waals surface area contributed by atoms with Crippen LogP contribution < -0.4 is 15.7 Å². The van der Waals surface area contributed by atoms with Gasteiger partial charge < -0.3 is 19.4 Å². The van der Waals surface area contributed by atoms with Crippen molar-refractivity contribution >= 4 is 48.1 Å². The van der Waals surface area contributed by atoms with E-state index in [4.69, 9.17) is 20.8 Å². The molecule has 3 aromatic carbocycles. The van der Waals surface area contributed by atoms with E-state index in [-0.39, 0.29) is 11.1 Å². The van der Waals surface area contributed by atoms with Gasteiger partial charge in [0.25, 0.3) is 8.32 Å². The van der Waals surface area contributed by atoms with E-state index in [1.165, 1.54) is 15.3 Å². The van der Waals surface area contributed by atoms with Gasteiger partial charge in [0.05, 0.1) is 12.6 Å². The van der Waals surface area contributed by atoms with Crippen molar-refractivity contribution in [3.63, 3.8) is 0 Å². The lowest BCUT2D eigenvalue weighted by atomic mass is 10.1. The molecule has 1 aliphatic rings. The number of likely N-dealkylation sites (tertiary alicyclic amines) is 1. The highest BCUT2D eigenvalue weighted by molar-refractivity contribution is 8.00. The molecule has 42 heavy (non-hydrogen) atoms. The number of amides is 1. The van der Waals surface area contributed by atoms with E-state index in [0.29, 0.717) is 11.9 Å². The molecule has 226 valence electrons. The number of thioether (sulfide) groups is 1. The summed E-state index contributed by atoms with van der Waals surface area (Å²) in [4.78, 5) is 16.6. The summed E-state index contributed by atoms with van der Waals surface area (Å²) in [5, 5.41) is 6.78. The summed E-state index contributed by atoms with van der Waals surface area (Å²) in [5.41, 5.74) is -0.572. The summed E-state index contributed by atoms with van der Waals surface area (Å²) in [6.45, 7) is 15.8. The number of nitrogens with one attached hydrogen (secondary N) is 1. The van der Waals surface area contributed by atoms with Crippen LogP contribution in [0.4, 0.5) is 4.79 Å². The number of carbonyl (C=O) groups is 1. The van der Waals surface area contributed by atoms with E-state index in [1.807, 2.05) is 44.7 Å². The zero-order valence-electron chi connectivity index (χ0n) is 25.7. The fourth-order valence-electron chi connectivity index (χ4n) is 5.48. The molecule has 4 rings (SSSR count). The molecule has 1 aliphatic heterocycles. The molecule has 0 saturated carbocycles. The number of alkyl carbamates (subject to hydrolysis) is 1. The summed E-state index contributed by atoms with van der Waals surface area (Å²) in [7, 11) is -2.74. The normalized spacial score (nSPS) is 15.6. The van der Waals surface area contributed by atoms with Crippen LogP contribution in [0.2, 0.25) is 10.1 Å². The monoisotopic (exact) mass is 624 g/mol. The van der Waals surface area contributed by atoms with Gasteiger partial charge in [0.15, 0.2) is 0 Å². The van der Waals surface area contributed by atoms with Crippen LogP contribution in [0.3, 0.4) is 0 Å². The molecule has 1 heterocycles. The van der Waals surface area contributed by atoms with Crippen molar-refractivity contribution in [1.29, 1.82) is 0 Å². The molecule has 0 unspecified atom stereocenters. The maximum atomic E-state index is 12.9. The number of nitrogens with zero attached hydrogens (tertiary/aromatic N) is 1. The van der Waals surface area contributed by atoms with Crippen LogP contribution in [0.5, 0.6) is 0 Å². The Kier molecular flexibility index (Phi) is 10.9. The van der Waals surface area contributed by atoms with Gasteiger partial charge in [-0.2, -0.15) is 0 Å². The van der Waals surface area contributed by atoms with Gasteiger partial charge in [-0.15, -0.1) is 11.8 Å². The number of halogens is 1. The topological polar surface area (TPSA) is 50.8 Å². The Bertz CT molecular complexity index is 1230. The molecule has 1 amide bonds. The van der Waals surface area contributed by atoms with Gasteiger partial charge in [-0.3, -0.25) is 0 Å². The Hall–Kier alpha value is -2.29. The third kappa shape index (κ3) is 8.63. The molecule has 3 aromatic rings. The Morgan fingerprint density at radius 3 is 1.98 bits per heavy atom. The van der Waals surface area contributed by atoms with Gasteiger partial charge in [-0.25, -0.2) is 4.79 Å². The van der Waals surface area contributed by atoms with Gasteiger partial charge in [0, 0.05) is 34.8 Å². The molecule has 0 aliphatic carbocycles. The van der Waals surface area contributed by atoms with Crippen molar-refractivity contribution in [2.45, 2.75) is 74.8 Å². The Morgan fingerprint density at radius 1 is 0.929 bits per heavy atom. The first-order valence-electron chi connectivity index (χ1n) is 14.7. The minimum atomic E-state index is -2.74. The lowest BCUT2D eigenvalue weighted by Gasteiger charge is -2.44. The van der Waals surface area contributed by atoms with Crippen LogP contribution >= 0.6 is 23.4 Å². The molecule has 1 fully saturated rings. The molecular weight excluding hydrogens is 580 g/mol. The number of carbonyl (C=O) groups excluding carboxylic acids is 1. The van der Waals surface area contributed by atoms with E-state index in [1.54, 1.807) is 0 Å². The van der Waals surface area contributed by atoms with Crippen molar-refractivity contribution < 1.29 is 14.0 Å². The molecule has 0 aromatic heterocycles. The second-order valence-electron chi connectivity index (χ2n) is 13.1. The second kappa shape index (κ2) is 14.0. The second-order valence-corrected chi connectivity index (χ2v) is 19.2. The standard InChI is InChI=1S/C34H45ClN2O3SSi/c1-33(2,3)40-32(38)36-27(21-22-37-23-29(24-37)41-28-19-17-26(35)18-20-28)25-39-42(34(4,5)6,30-13-9-7-10-14-30)31-15-11-8-12-16-31/h7-20,27,29H,21-25H2,1-6H3,(H,36,38)/t27-/m0/s1. The molecule has 0 spiro atoms. The van der Waals surface area contributed by atoms with E-state index >= 15 is 0 Å². The van der Waals surface area contributed by atoms with E-state index in [9.17, 15) is 4.79 Å². The summed E-state index contributed by atoms with van der Waals surface area (Å²) in [6, 6.07) is 29.1. The average Bonchev–Trinajstić information content (AvgIpc) is 2.90. The van der Waals surface area contributed by atoms with E-state index < -0.39 is 20.0 Å². The summed E-state index contributed by atoms with van der Waals surface area (Å²) < 4.78 is 12.8. The average molecular weight is 625 g/mol. The van der Waals surface area contributed by atoms with Crippen molar-refractivity contribution in [2.75, 3.05) is 26.2 Å². The van der Waals surface area contributed by atoms with Gasteiger partial charge >= 0.3 is 6.09 Å². The van der Waals surface area contributed by atoms with Crippen molar-refractivity contribution in [3.05, 3.63) is 90.0 Å². The first-order chi connectivity index (χ1) is 19.9. The molecule has 5 nitrogen and oxygen atoms in total. The molecule has 1 saturated heterocycles. The van der Waals surface area contributed by atoms with Gasteiger partial charge in [0.1, 0.15) is 5.60 Å². The number of ether oxygens (including phenoxy) is 1. The minimum Gasteiger partial charge on any atom is -0.444 e. The first-order valence-corrected chi connectivity index (χ1v) is 17.9. The van der Waals surface area contributed by atoms with Gasteiger partial charge in [0.2, 0.25) is 0 Å². The smallest absolute Gasteiger partial charge is 0.407 e. The quantitative estimate of drug-likeness (QED) is 0.233. The zero-order valence-corrected chi connectivity index (χ0v) is 28.3. The largest absolute Gasteiger partial charge is 0.444 e. The van der Waals surface area contributed by atoms with Gasteiger partial charge in [-0.1, -0.05) is 93.0 Å².